The van der Waals surface area contributed by atoms with Gasteiger partial charge in [-0.1, -0.05) is 18.2 Å². The van der Waals surface area contributed by atoms with Gasteiger partial charge in [0, 0.05) is 24.5 Å². The van der Waals surface area contributed by atoms with Crippen molar-refractivity contribution >= 4 is 11.8 Å². The predicted molar refractivity (Wildman–Crippen MR) is 97.7 cm³/mol. The van der Waals surface area contributed by atoms with Crippen molar-refractivity contribution in [1.82, 2.24) is 15.2 Å². The number of benzene rings is 1. The van der Waals surface area contributed by atoms with Crippen LogP contribution in [0, 0.1) is 5.82 Å². The molecule has 27 heavy (non-hydrogen) atoms. The van der Waals surface area contributed by atoms with Crippen LogP contribution in [-0.4, -0.2) is 41.9 Å². The quantitative estimate of drug-likeness (QED) is 0.822. The molecule has 140 valence electrons. The van der Waals surface area contributed by atoms with E-state index in [2.05, 4.69) is 10.3 Å². The third-order valence-corrected chi connectivity index (χ3v) is 4.41. The normalized spacial score (nSPS) is 16.1. The average Bonchev–Trinajstić information content (AvgIpc) is 2.72. The molecule has 0 fully saturated rings. The summed E-state index contributed by atoms with van der Waals surface area (Å²) in [6, 6.07) is 7.46. The fourth-order valence-corrected chi connectivity index (χ4v) is 2.99. The smallest absolute Gasteiger partial charge is 0.251 e. The lowest BCUT2D eigenvalue weighted by molar-refractivity contribution is -0.132. The van der Waals surface area contributed by atoms with Crippen molar-refractivity contribution in [3.63, 3.8) is 0 Å². The van der Waals surface area contributed by atoms with Crippen LogP contribution in [0.2, 0.25) is 0 Å². The van der Waals surface area contributed by atoms with Crippen LogP contribution >= 0.6 is 0 Å². The Balaban J connectivity index is 1.66. The minimum Gasteiger partial charge on any atom is -0.494 e. The number of nitrogens with zero attached hydrogens (tertiary/aromatic N) is 2. The molecule has 0 saturated carbocycles. The largest absolute Gasteiger partial charge is 0.494 e. The molecule has 6 nitrogen and oxygen atoms in total. The third kappa shape index (κ3) is 4.31. The van der Waals surface area contributed by atoms with Gasteiger partial charge in [-0.3, -0.25) is 14.6 Å². The summed E-state index contributed by atoms with van der Waals surface area (Å²) in [7, 11) is 1.33. The van der Waals surface area contributed by atoms with Gasteiger partial charge in [0.1, 0.15) is 0 Å². The molecule has 1 aliphatic heterocycles. The minimum absolute atomic E-state index is 0.0215. The van der Waals surface area contributed by atoms with E-state index in [9.17, 15) is 14.0 Å². The van der Waals surface area contributed by atoms with Crippen molar-refractivity contribution in [1.29, 1.82) is 0 Å². The van der Waals surface area contributed by atoms with Crippen LogP contribution in [-0.2, 0) is 4.79 Å². The monoisotopic (exact) mass is 369 g/mol. The van der Waals surface area contributed by atoms with E-state index in [1.807, 2.05) is 24.3 Å². The molecule has 1 N–H and O–H groups in total. The van der Waals surface area contributed by atoms with Crippen molar-refractivity contribution in [2.75, 3.05) is 20.2 Å². The number of methoxy groups -OCH3 is 1. The van der Waals surface area contributed by atoms with E-state index in [0.29, 0.717) is 13.0 Å². The highest BCUT2D eigenvalue weighted by molar-refractivity contribution is 5.96. The second kappa shape index (κ2) is 8.44. The molecule has 2 aromatic rings. The van der Waals surface area contributed by atoms with Crippen molar-refractivity contribution < 1.29 is 18.7 Å². The van der Waals surface area contributed by atoms with E-state index >= 15 is 0 Å². The van der Waals surface area contributed by atoms with Crippen LogP contribution < -0.4 is 10.1 Å². The molecule has 1 atom stereocenters. The molecule has 7 heteroatoms. The van der Waals surface area contributed by atoms with E-state index in [-0.39, 0.29) is 29.8 Å². The number of halogens is 1. The summed E-state index contributed by atoms with van der Waals surface area (Å²) in [5, 5.41) is 2.59. The number of rotatable bonds is 5. The number of ether oxygens (including phenoxy) is 1. The summed E-state index contributed by atoms with van der Waals surface area (Å²) >= 11 is 0. The molecule has 2 amide bonds. The Hall–Kier alpha value is -3.22. The zero-order valence-electron chi connectivity index (χ0n) is 14.9. The molecule has 1 unspecified atom stereocenters. The number of pyridine rings is 1. The highest BCUT2D eigenvalue weighted by Gasteiger charge is 2.26. The van der Waals surface area contributed by atoms with Crippen LogP contribution in [0.25, 0.3) is 0 Å². The van der Waals surface area contributed by atoms with Gasteiger partial charge >= 0.3 is 0 Å². The second-order valence-electron chi connectivity index (χ2n) is 6.09. The van der Waals surface area contributed by atoms with E-state index in [1.54, 1.807) is 17.3 Å². The predicted octanol–water partition coefficient (Wildman–Crippen LogP) is 2.49. The number of hydrogen-bond acceptors (Lipinski definition) is 4. The number of nitrogens with one attached hydrogen (secondary N) is 1. The fraction of sp³-hybridized carbons (Fsp3) is 0.250. The van der Waals surface area contributed by atoms with E-state index in [4.69, 9.17) is 4.74 Å². The van der Waals surface area contributed by atoms with Crippen LogP contribution in [0.15, 0.2) is 54.9 Å². The molecule has 0 bridgehead atoms. The van der Waals surface area contributed by atoms with Gasteiger partial charge < -0.3 is 15.0 Å². The first kappa shape index (κ1) is 18.6. The first-order valence-corrected chi connectivity index (χ1v) is 8.56. The molecule has 1 aromatic carbocycles. The van der Waals surface area contributed by atoms with Crippen LogP contribution in [0.5, 0.6) is 5.75 Å². The number of aromatic nitrogens is 1. The van der Waals surface area contributed by atoms with Crippen LogP contribution in [0.1, 0.15) is 28.4 Å². The molecule has 0 spiro atoms. The number of carbonyl (C=O) groups is 2. The summed E-state index contributed by atoms with van der Waals surface area (Å²) in [5.41, 5.74) is 1.17. The minimum atomic E-state index is -0.551. The van der Waals surface area contributed by atoms with Gasteiger partial charge in [-0.2, -0.15) is 0 Å². The Morgan fingerprint density at radius 2 is 2.19 bits per heavy atom. The van der Waals surface area contributed by atoms with Gasteiger partial charge in [0.05, 0.1) is 19.7 Å². The zero-order chi connectivity index (χ0) is 19.2. The SMILES string of the molecule is COc1cc(C(=O)NCC(=O)N2CC=CCC2c2cccnc2)ccc1F. The number of amides is 2. The number of hydrogen-bond donors (Lipinski definition) is 1. The van der Waals surface area contributed by atoms with Crippen molar-refractivity contribution in [2.24, 2.45) is 0 Å². The Kier molecular flexibility index (Phi) is 5.80. The lowest BCUT2D eigenvalue weighted by atomic mass is 10.0. The Morgan fingerprint density at radius 1 is 1.33 bits per heavy atom. The Labute approximate surface area is 156 Å². The van der Waals surface area contributed by atoms with Gasteiger partial charge in [-0.15, -0.1) is 0 Å². The maximum Gasteiger partial charge on any atom is 0.251 e. The maximum absolute atomic E-state index is 13.5. The van der Waals surface area contributed by atoms with Gasteiger partial charge in [-0.25, -0.2) is 4.39 Å². The molecule has 0 aliphatic carbocycles. The first-order valence-electron chi connectivity index (χ1n) is 8.56. The second-order valence-corrected chi connectivity index (χ2v) is 6.09. The van der Waals surface area contributed by atoms with Crippen LogP contribution in [0.4, 0.5) is 4.39 Å². The summed E-state index contributed by atoms with van der Waals surface area (Å²) in [6.07, 6.45) is 8.09. The van der Waals surface area contributed by atoms with Gasteiger partial charge in [0.15, 0.2) is 11.6 Å². The van der Waals surface area contributed by atoms with Gasteiger partial charge in [-0.05, 0) is 36.2 Å². The zero-order valence-corrected chi connectivity index (χ0v) is 14.9. The molecule has 0 radical (unpaired) electrons. The summed E-state index contributed by atoms with van der Waals surface area (Å²) < 4.78 is 18.3. The topological polar surface area (TPSA) is 71.5 Å². The maximum atomic E-state index is 13.5. The molecule has 1 aliphatic rings. The summed E-state index contributed by atoms with van der Waals surface area (Å²) in [4.78, 5) is 30.8. The summed E-state index contributed by atoms with van der Waals surface area (Å²) in [5.74, 6) is -1.24. The van der Waals surface area contributed by atoms with E-state index in [0.717, 1.165) is 11.6 Å². The fourth-order valence-electron chi connectivity index (χ4n) is 2.99. The first-order chi connectivity index (χ1) is 13.1. The summed E-state index contributed by atoms with van der Waals surface area (Å²) in [6.45, 7) is 0.321. The standard InChI is InChI=1S/C20H20FN3O3/c1-27-18-11-14(7-8-16(18)21)20(26)23-13-19(25)24-10-3-2-6-17(24)15-5-4-9-22-12-15/h2-5,7-9,11-12,17H,6,10,13H2,1H3,(H,23,26). The highest BCUT2D eigenvalue weighted by atomic mass is 19.1. The molecule has 1 aromatic heterocycles. The van der Waals surface area contributed by atoms with Crippen molar-refractivity contribution in [2.45, 2.75) is 12.5 Å². The highest BCUT2D eigenvalue weighted by Crippen LogP contribution is 2.27. The lowest BCUT2D eigenvalue weighted by Crippen LogP contribution is -2.43. The van der Waals surface area contributed by atoms with E-state index in [1.165, 1.54) is 19.2 Å². The third-order valence-electron chi connectivity index (χ3n) is 4.41. The van der Waals surface area contributed by atoms with Crippen LogP contribution in [0.3, 0.4) is 0 Å². The van der Waals surface area contributed by atoms with Gasteiger partial charge in [0.25, 0.3) is 5.91 Å². The average molecular weight is 369 g/mol. The van der Waals surface area contributed by atoms with Crippen molar-refractivity contribution in [3.8, 4) is 5.75 Å². The van der Waals surface area contributed by atoms with E-state index < -0.39 is 11.7 Å². The Morgan fingerprint density at radius 3 is 2.93 bits per heavy atom. The van der Waals surface area contributed by atoms with Gasteiger partial charge in [0.2, 0.25) is 5.91 Å². The molecule has 3 rings (SSSR count). The number of carbonyl (C=O) groups excluding carboxylic acids is 2. The van der Waals surface area contributed by atoms with Crippen molar-refractivity contribution in [3.05, 3.63) is 71.8 Å². The molecular weight excluding hydrogens is 349 g/mol. The Bertz CT molecular complexity index is 855. The lowest BCUT2D eigenvalue weighted by Gasteiger charge is -2.33. The molecule has 0 saturated heterocycles. The molecule has 2 heterocycles. The molecular formula is C20H20FN3O3.